The molecule has 0 aliphatic heterocycles. The molecule has 0 aromatic heterocycles. The van der Waals surface area contributed by atoms with E-state index in [1.165, 1.54) is 6.47 Å². The van der Waals surface area contributed by atoms with E-state index in [2.05, 4.69) is 4.74 Å². The van der Waals surface area contributed by atoms with Gasteiger partial charge in [0.2, 0.25) is 0 Å². The Balaban J connectivity index is 2.57. The molecule has 0 aliphatic rings. The van der Waals surface area contributed by atoms with Crippen molar-refractivity contribution in [2.24, 2.45) is 0 Å². The molecule has 0 bridgehead atoms. The Hall–Kier alpha value is -1.77. The zero-order valence-corrected chi connectivity index (χ0v) is 7.90. The van der Waals surface area contributed by atoms with Crippen LogP contribution >= 0.6 is 0 Å². The Kier molecular flexibility index (Phi) is 4.27. The van der Waals surface area contributed by atoms with Crippen LogP contribution in [-0.2, 0) is 9.53 Å². The highest BCUT2D eigenvalue weighted by Crippen LogP contribution is 2.13. The summed E-state index contributed by atoms with van der Waals surface area (Å²) in [6, 6.07) is 7.59. The van der Waals surface area contributed by atoms with Gasteiger partial charge in [0.25, 0.3) is 0 Å². The first-order valence-corrected chi connectivity index (χ1v) is 4.16. The molecule has 3 nitrogen and oxygen atoms in total. The second kappa shape index (κ2) is 5.80. The Morgan fingerprint density at radius 3 is 3.07 bits per heavy atom. The van der Waals surface area contributed by atoms with Crippen molar-refractivity contribution in [1.82, 2.24) is 0 Å². The van der Waals surface area contributed by atoms with E-state index in [1.807, 2.05) is 30.3 Å². The molecule has 0 saturated carbocycles. The van der Waals surface area contributed by atoms with Crippen LogP contribution in [0, 0.1) is 0 Å². The summed E-state index contributed by atoms with van der Waals surface area (Å²) in [6.07, 6.45) is 3.58. The molecule has 0 fully saturated rings. The SMILES string of the molecule is COc1cccc(/C=C/CO[C]=O)c1. The summed E-state index contributed by atoms with van der Waals surface area (Å²) in [5.41, 5.74) is 0.999. The summed E-state index contributed by atoms with van der Waals surface area (Å²) in [4.78, 5) is 9.72. The fourth-order valence-corrected chi connectivity index (χ4v) is 1.01. The number of rotatable bonds is 5. The van der Waals surface area contributed by atoms with E-state index >= 15 is 0 Å². The van der Waals surface area contributed by atoms with Crippen molar-refractivity contribution in [2.45, 2.75) is 0 Å². The van der Waals surface area contributed by atoms with Crippen molar-refractivity contribution in [1.29, 1.82) is 0 Å². The van der Waals surface area contributed by atoms with Crippen LogP contribution in [0.1, 0.15) is 5.56 Å². The van der Waals surface area contributed by atoms with Gasteiger partial charge in [-0.05, 0) is 23.8 Å². The van der Waals surface area contributed by atoms with Crippen LogP contribution in [0.4, 0.5) is 0 Å². The minimum absolute atomic E-state index is 0.237. The van der Waals surface area contributed by atoms with Crippen molar-refractivity contribution in [2.75, 3.05) is 13.7 Å². The van der Waals surface area contributed by atoms with Gasteiger partial charge in [0.1, 0.15) is 12.4 Å². The van der Waals surface area contributed by atoms with Crippen LogP contribution in [0.3, 0.4) is 0 Å². The molecule has 1 radical (unpaired) electrons. The second-order valence-corrected chi connectivity index (χ2v) is 2.57. The van der Waals surface area contributed by atoms with Crippen molar-refractivity contribution in [3.63, 3.8) is 0 Å². The van der Waals surface area contributed by atoms with Gasteiger partial charge in [0.05, 0.1) is 7.11 Å². The van der Waals surface area contributed by atoms with Gasteiger partial charge < -0.3 is 9.47 Å². The molecule has 14 heavy (non-hydrogen) atoms. The second-order valence-electron chi connectivity index (χ2n) is 2.57. The molecule has 0 aliphatic carbocycles. The molecule has 0 heterocycles. The molecule has 0 saturated heterocycles. The fraction of sp³-hybridized carbons (Fsp3) is 0.182. The molecular weight excluding hydrogens is 180 g/mol. The topological polar surface area (TPSA) is 35.5 Å². The third-order valence-electron chi connectivity index (χ3n) is 1.64. The molecule has 0 amide bonds. The average molecular weight is 191 g/mol. The lowest BCUT2D eigenvalue weighted by Crippen LogP contribution is -1.86. The minimum atomic E-state index is 0.237. The third-order valence-corrected chi connectivity index (χ3v) is 1.64. The number of ether oxygens (including phenoxy) is 2. The first kappa shape index (κ1) is 10.3. The summed E-state index contributed by atoms with van der Waals surface area (Å²) >= 11 is 0. The standard InChI is InChI=1S/C11H11O3/c1-13-11-6-2-4-10(8-11)5-3-7-14-9-12/h2-6,8H,7H2,1H3/b5-3+. The molecule has 0 spiro atoms. The van der Waals surface area contributed by atoms with Gasteiger partial charge in [-0.2, -0.15) is 0 Å². The Labute approximate surface area is 83.0 Å². The van der Waals surface area contributed by atoms with E-state index in [1.54, 1.807) is 13.2 Å². The van der Waals surface area contributed by atoms with Gasteiger partial charge in [-0.15, -0.1) is 0 Å². The maximum Gasteiger partial charge on any atom is 0.417 e. The normalized spacial score (nSPS) is 10.1. The van der Waals surface area contributed by atoms with Crippen LogP contribution in [0.2, 0.25) is 0 Å². The van der Waals surface area contributed by atoms with Crippen LogP contribution < -0.4 is 4.74 Å². The number of hydrogen-bond donors (Lipinski definition) is 0. The summed E-state index contributed by atoms with van der Waals surface area (Å²) < 4.78 is 9.44. The largest absolute Gasteiger partial charge is 0.497 e. The summed E-state index contributed by atoms with van der Waals surface area (Å²) in [5, 5.41) is 0. The van der Waals surface area contributed by atoms with E-state index in [0.29, 0.717) is 0 Å². The van der Waals surface area contributed by atoms with E-state index in [-0.39, 0.29) is 6.61 Å². The molecule has 0 atom stereocenters. The quantitative estimate of drug-likeness (QED) is 0.665. The summed E-state index contributed by atoms with van der Waals surface area (Å²) in [7, 11) is 1.62. The molecule has 1 aromatic rings. The summed E-state index contributed by atoms with van der Waals surface area (Å²) in [5.74, 6) is 0.801. The van der Waals surface area contributed by atoms with Crippen molar-refractivity contribution in [3.05, 3.63) is 35.9 Å². The van der Waals surface area contributed by atoms with Crippen molar-refractivity contribution >= 4 is 12.5 Å². The molecular formula is C11H11O3. The predicted octanol–water partition coefficient (Wildman–Crippen LogP) is 1.79. The van der Waals surface area contributed by atoms with Gasteiger partial charge in [0, 0.05) is 0 Å². The lowest BCUT2D eigenvalue weighted by Gasteiger charge is -1.99. The molecule has 0 unspecified atom stereocenters. The van der Waals surface area contributed by atoms with Gasteiger partial charge in [-0.3, -0.25) is 0 Å². The maximum absolute atomic E-state index is 9.72. The number of benzene rings is 1. The lowest BCUT2D eigenvalue weighted by molar-refractivity contribution is 0.314. The van der Waals surface area contributed by atoms with Gasteiger partial charge in [-0.1, -0.05) is 18.2 Å². The monoisotopic (exact) mass is 191 g/mol. The zero-order chi connectivity index (χ0) is 10.2. The van der Waals surface area contributed by atoms with Crippen LogP contribution in [0.5, 0.6) is 5.75 Å². The predicted molar refractivity (Wildman–Crippen MR) is 53.7 cm³/mol. The third kappa shape index (κ3) is 3.31. The molecule has 0 N–H and O–H groups in total. The number of hydrogen-bond acceptors (Lipinski definition) is 3. The first-order valence-electron chi connectivity index (χ1n) is 4.16. The van der Waals surface area contributed by atoms with Crippen molar-refractivity contribution in [3.8, 4) is 5.75 Å². The van der Waals surface area contributed by atoms with E-state index in [4.69, 9.17) is 4.74 Å². The first-order chi connectivity index (χ1) is 6.86. The number of methoxy groups -OCH3 is 1. The van der Waals surface area contributed by atoms with E-state index < -0.39 is 0 Å². The Morgan fingerprint density at radius 1 is 1.50 bits per heavy atom. The molecule has 1 aromatic carbocycles. The molecule has 73 valence electrons. The lowest BCUT2D eigenvalue weighted by atomic mass is 10.2. The minimum Gasteiger partial charge on any atom is -0.497 e. The van der Waals surface area contributed by atoms with Crippen LogP contribution in [0.25, 0.3) is 6.08 Å². The van der Waals surface area contributed by atoms with E-state index in [9.17, 15) is 4.79 Å². The van der Waals surface area contributed by atoms with E-state index in [0.717, 1.165) is 11.3 Å². The fourth-order valence-electron chi connectivity index (χ4n) is 1.01. The molecule has 1 rings (SSSR count). The molecule has 3 heteroatoms. The average Bonchev–Trinajstić information content (AvgIpc) is 2.25. The summed E-state index contributed by atoms with van der Waals surface area (Å²) in [6.45, 7) is 1.59. The zero-order valence-electron chi connectivity index (χ0n) is 7.90. The van der Waals surface area contributed by atoms with Crippen LogP contribution in [-0.4, -0.2) is 20.2 Å². The van der Waals surface area contributed by atoms with Gasteiger partial charge in [-0.25, -0.2) is 4.79 Å². The highest BCUT2D eigenvalue weighted by atomic mass is 16.5. The number of carbonyl (C=O) groups excluding carboxylic acids is 1. The highest BCUT2D eigenvalue weighted by Gasteiger charge is 1.90. The highest BCUT2D eigenvalue weighted by molar-refractivity contribution is 5.52. The van der Waals surface area contributed by atoms with Crippen molar-refractivity contribution < 1.29 is 14.3 Å². The van der Waals surface area contributed by atoms with Gasteiger partial charge in [0.15, 0.2) is 0 Å². The maximum atomic E-state index is 9.72. The Morgan fingerprint density at radius 2 is 2.36 bits per heavy atom. The smallest absolute Gasteiger partial charge is 0.417 e. The Bertz CT molecular complexity index is 318. The van der Waals surface area contributed by atoms with Crippen LogP contribution in [0.15, 0.2) is 30.3 Å². The van der Waals surface area contributed by atoms with Gasteiger partial charge >= 0.3 is 6.47 Å².